The lowest BCUT2D eigenvalue weighted by atomic mass is 9.96. The molecule has 0 heterocycles. The molecule has 0 aliphatic carbocycles. The number of amides is 3. The molecule has 0 aliphatic rings. The van der Waals surface area contributed by atoms with Crippen molar-refractivity contribution < 1.29 is 39.3 Å². The van der Waals surface area contributed by atoms with Crippen molar-refractivity contribution in [2.24, 2.45) is 11.7 Å². The summed E-state index contributed by atoms with van der Waals surface area (Å²) in [6.45, 7) is 3.46. The van der Waals surface area contributed by atoms with Crippen molar-refractivity contribution in [1.82, 2.24) is 16.0 Å². The van der Waals surface area contributed by atoms with Crippen LogP contribution in [0.1, 0.15) is 32.3 Å². The molecule has 0 fully saturated rings. The van der Waals surface area contributed by atoms with Gasteiger partial charge in [-0.15, -0.1) is 0 Å². The lowest BCUT2D eigenvalue weighted by Gasteiger charge is -2.28. The smallest absolute Gasteiger partial charge is 0.327 e. The second-order valence-corrected chi connectivity index (χ2v) is 8.46. The number of carboxylic acids is 2. The summed E-state index contributed by atoms with van der Waals surface area (Å²) in [5.74, 6) is -5.53. The van der Waals surface area contributed by atoms with Crippen LogP contribution < -0.4 is 21.7 Å². The highest BCUT2D eigenvalue weighted by Gasteiger charge is 2.32. The number of thiol groups is 1. The van der Waals surface area contributed by atoms with Crippen LogP contribution in [0.4, 0.5) is 0 Å². The highest BCUT2D eigenvalue weighted by molar-refractivity contribution is 7.80. The Balaban J connectivity index is 3.14. The van der Waals surface area contributed by atoms with Gasteiger partial charge in [-0.05, 0) is 23.6 Å². The summed E-state index contributed by atoms with van der Waals surface area (Å²) >= 11 is 3.92. The van der Waals surface area contributed by atoms with E-state index in [2.05, 4.69) is 28.6 Å². The number of carbonyl (C=O) groups is 5. The molecule has 3 amide bonds. The molecule has 194 valence electrons. The van der Waals surface area contributed by atoms with Crippen LogP contribution >= 0.6 is 12.6 Å². The Hall–Kier alpha value is -3.32. The SMILES string of the molecule is CCC(C)C(NC(=O)C(N)CC(=O)O)C(=O)NC(Cc1ccc(O)cc1)C(=O)NC(CS)C(=O)O. The third-order valence-corrected chi connectivity index (χ3v) is 5.70. The largest absolute Gasteiger partial charge is 0.508 e. The van der Waals surface area contributed by atoms with Gasteiger partial charge in [0.1, 0.15) is 23.9 Å². The Morgan fingerprint density at radius 2 is 1.51 bits per heavy atom. The van der Waals surface area contributed by atoms with Crippen molar-refractivity contribution in [2.45, 2.75) is 57.3 Å². The summed E-state index contributed by atoms with van der Waals surface area (Å²) in [7, 11) is 0. The number of phenols is 1. The maximum absolute atomic E-state index is 13.1. The lowest BCUT2D eigenvalue weighted by Crippen LogP contribution is -2.59. The van der Waals surface area contributed by atoms with Crippen LogP contribution in [0.3, 0.4) is 0 Å². The summed E-state index contributed by atoms with van der Waals surface area (Å²) in [4.78, 5) is 60.6. The number of hydrogen-bond acceptors (Lipinski definition) is 8. The molecule has 35 heavy (non-hydrogen) atoms. The van der Waals surface area contributed by atoms with E-state index in [0.29, 0.717) is 12.0 Å². The number of nitrogens with two attached hydrogens (primary N) is 1. The fourth-order valence-electron chi connectivity index (χ4n) is 3.04. The molecule has 0 spiro atoms. The van der Waals surface area contributed by atoms with Gasteiger partial charge >= 0.3 is 11.9 Å². The van der Waals surface area contributed by atoms with Gasteiger partial charge in [-0.3, -0.25) is 19.2 Å². The zero-order valence-corrected chi connectivity index (χ0v) is 20.3. The number of aliphatic carboxylic acids is 2. The molecule has 1 aromatic carbocycles. The number of phenolic OH excluding ortho intramolecular Hbond substituents is 1. The topological polar surface area (TPSA) is 208 Å². The van der Waals surface area contributed by atoms with E-state index in [0.717, 1.165) is 0 Å². The van der Waals surface area contributed by atoms with Crippen molar-refractivity contribution in [3.8, 4) is 5.75 Å². The molecule has 8 N–H and O–H groups in total. The minimum absolute atomic E-state index is 0.00273. The number of hydrogen-bond donors (Lipinski definition) is 8. The van der Waals surface area contributed by atoms with Gasteiger partial charge in [0, 0.05) is 12.2 Å². The Kier molecular flexibility index (Phi) is 12.0. The van der Waals surface area contributed by atoms with E-state index in [9.17, 15) is 34.2 Å². The van der Waals surface area contributed by atoms with Crippen molar-refractivity contribution in [1.29, 1.82) is 0 Å². The van der Waals surface area contributed by atoms with E-state index < -0.39 is 66.2 Å². The van der Waals surface area contributed by atoms with E-state index in [1.165, 1.54) is 24.3 Å². The molecule has 0 saturated carbocycles. The van der Waals surface area contributed by atoms with Crippen molar-refractivity contribution in [3.63, 3.8) is 0 Å². The summed E-state index contributed by atoms with van der Waals surface area (Å²) in [5.41, 5.74) is 6.16. The molecule has 0 aromatic heterocycles. The summed E-state index contributed by atoms with van der Waals surface area (Å²) < 4.78 is 0. The Morgan fingerprint density at radius 1 is 0.943 bits per heavy atom. The van der Waals surface area contributed by atoms with Gasteiger partial charge in [-0.1, -0.05) is 32.4 Å². The van der Waals surface area contributed by atoms with Crippen molar-refractivity contribution in [3.05, 3.63) is 29.8 Å². The average molecular weight is 513 g/mol. The monoisotopic (exact) mass is 512 g/mol. The average Bonchev–Trinajstić information content (AvgIpc) is 2.80. The van der Waals surface area contributed by atoms with Crippen LogP contribution in [0, 0.1) is 5.92 Å². The number of carboxylic acid groups (broad SMARTS) is 2. The van der Waals surface area contributed by atoms with E-state index in [4.69, 9.17) is 10.8 Å². The molecule has 0 saturated heterocycles. The first-order chi connectivity index (χ1) is 16.4. The van der Waals surface area contributed by atoms with E-state index in [1.807, 2.05) is 0 Å². The van der Waals surface area contributed by atoms with E-state index in [-0.39, 0.29) is 17.9 Å². The zero-order chi connectivity index (χ0) is 26.7. The van der Waals surface area contributed by atoms with Crippen LogP contribution in [0.15, 0.2) is 24.3 Å². The first kappa shape index (κ1) is 29.7. The van der Waals surface area contributed by atoms with Crippen LogP contribution in [0.25, 0.3) is 0 Å². The molecule has 12 nitrogen and oxygen atoms in total. The normalized spacial score (nSPS) is 15.1. The minimum Gasteiger partial charge on any atom is -0.508 e. The summed E-state index contributed by atoms with van der Waals surface area (Å²) in [6.07, 6.45) is -0.217. The molecular weight excluding hydrogens is 480 g/mol. The zero-order valence-electron chi connectivity index (χ0n) is 19.4. The first-order valence-corrected chi connectivity index (χ1v) is 11.5. The number of benzene rings is 1. The molecule has 5 unspecified atom stereocenters. The van der Waals surface area contributed by atoms with Crippen LogP contribution in [-0.4, -0.2) is 74.9 Å². The Morgan fingerprint density at radius 3 is 2.00 bits per heavy atom. The molecule has 1 rings (SSSR count). The minimum atomic E-state index is -1.38. The third kappa shape index (κ3) is 9.83. The van der Waals surface area contributed by atoms with Gasteiger partial charge in [-0.2, -0.15) is 12.6 Å². The Labute approximate surface area is 208 Å². The van der Waals surface area contributed by atoms with Crippen molar-refractivity contribution >= 4 is 42.3 Å². The quantitative estimate of drug-likeness (QED) is 0.147. The van der Waals surface area contributed by atoms with Gasteiger partial charge in [0.05, 0.1) is 12.5 Å². The second kappa shape index (κ2) is 14.2. The van der Waals surface area contributed by atoms with Gasteiger partial charge in [0.2, 0.25) is 17.7 Å². The molecular formula is C22H32N4O8S. The second-order valence-electron chi connectivity index (χ2n) is 8.09. The number of aromatic hydroxyl groups is 1. The highest BCUT2D eigenvalue weighted by atomic mass is 32.1. The summed E-state index contributed by atoms with van der Waals surface area (Å²) in [5, 5.41) is 34.9. The maximum atomic E-state index is 13.1. The molecule has 0 aliphatic heterocycles. The molecule has 5 atom stereocenters. The number of rotatable bonds is 14. The van der Waals surface area contributed by atoms with E-state index in [1.54, 1.807) is 13.8 Å². The van der Waals surface area contributed by atoms with Crippen LogP contribution in [0.2, 0.25) is 0 Å². The Bertz CT molecular complexity index is 911. The number of nitrogens with one attached hydrogen (secondary N) is 3. The predicted molar refractivity (Wildman–Crippen MR) is 129 cm³/mol. The molecule has 1 aromatic rings. The third-order valence-electron chi connectivity index (χ3n) is 5.33. The predicted octanol–water partition coefficient (Wildman–Crippen LogP) is -0.748. The van der Waals surface area contributed by atoms with Crippen LogP contribution in [-0.2, 0) is 30.4 Å². The standard InChI is InChI=1S/C22H32N4O8S/c1-3-11(2)18(26-19(30)14(23)9-17(28)29)21(32)24-15(8-12-4-6-13(27)7-5-12)20(31)25-16(10-35)22(33)34/h4-7,11,14-16,18,27,35H,3,8-10,23H2,1-2H3,(H,24,32)(H,25,31)(H,26,30)(H,28,29)(H,33,34). The first-order valence-electron chi connectivity index (χ1n) is 10.9. The van der Waals surface area contributed by atoms with Gasteiger partial charge in [0.25, 0.3) is 0 Å². The summed E-state index contributed by atoms with van der Waals surface area (Å²) in [6, 6.07) is 0.811. The highest BCUT2D eigenvalue weighted by Crippen LogP contribution is 2.13. The molecule has 13 heteroatoms. The van der Waals surface area contributed by atoms with Gasteiger partial charge < -0.3 is 37.0 Å². The van der Waals surface area contributed by atoms with Crippen LogP contribution in [0.5, 0.6) is 5.75 Å². The fraction of sp³-hybridized carbons (Fsp3) is 0.500. The lowest BCUT2D eigenvalue weighted by molar-refractivity contribution is -0.141. The van der Waals surface area contributed by atoms with E-state index >= 15 is 0 Å². The number of carbonyl (C=O) groups excluding carboxylic acids is 3. The van der Waals surface area contributed by atoms with Gasteiger partial charge in [0.15, 0.2) is 0 Å². The maximum Gasteiger partial charge on any atom is 0.327 e. The molecule has 0 bridgehead atoms. The van der Waals surface area contributed by atoms with Crippen molar-refractivity contribution in [2.75, 3.05) is 5.75 Å². The molecule has 0 radical (unpaired) electrons. The van der Waals surface area contributed by atoms with Gasteiger partial charge in [-0.25, -0.2) is 4.79 Å². The fourth-order valence-corrected chi connectivity index (χ4v) is 3.29.